The van der Waals surface area contributed by atoms with Crippen LogP contribution in [0.3, 0.4) is 0 Å². The lowest BCUT2D eigenvalue weighted by molar-refractivity contribution is -0.131. The van der Waals surface area contributed by atoms with Crippen molar-refractivity contribution in [1.82, 2.24) is 9.47 Å². The molecule has 0 radical (unpaired) electrons. The van der Waals surface area contributed by atoms with Gasteiger partial charge in [0.05, 0.1) is 26.7 Å². The zero-order valence-electron chi connectivity index (χ0n) is 16.9. The number of ether oxygens (including phenoxy) is 2. The van der Waals surface area contributed by atoms with Crippen molar-refractivity contribution in [3.05, 3.63) is 78.1 Å². The van der Waals surface area contributed by atoms with Crippen LogP contribution in [0.25, 0.3) is 5.69 Å². The first kappa shape index (κ1) is 19.1. The van der Waals surface area contributed by atoms with Crippen LogP contribution in [0.4, 0.5) is 0 Å². The number of carbonyl (C=O) groups is 1. The van der Waals surface area contributed by atoms with E-state index in [0.29, 0.717) is 6.42 Å². The second-order valence-corrected chi connectivity index (χ2v) is 7.29. The Morgan fingerprint density at radius 3 is 2.48 bits per heavy atom. The molecule has 1 atom stereocenters. The van der Waals surface area contributed by atoms with Gasteiger partial charge >= 0.3 is 0 Å². The van der Waals surface area contributed by atoms with Gasteiger partial charge in [0.1, 0.15) is 11.5 Å². The zero-order valence-corrected chi connectivity index (χ0v) is 16.9. The van der Waals surface area contributed by atoms with Crippen LogP contribution in [-0.2, 0) is 11.2 Å². The predicted molar refractivity (Wildman–Crippen MR) is 113 cm³/mol. The molecule has 0 N–H and O–H groups in total. The summed E-state index contributed by atoms with van der Waals surface area (Å²) in [6.45, 7) is 0.769. The van der Waals surface area contributed by atoms with Crippen LogP contribution in [0.1, 0.15) is 30.0 Å². The van der Waals surface area contributed by atoms with E-state index in [9.17, 15) is 4.79 Å². The number of aromatic nitrogens is 1. The predicted octanol–water partition coefficient (Wildman–Crippen LogP) is 4.40. The van der Waals surface area contributed by atoms with E-state index in [1.165, 1.54) is 0 Å². The van der Waals surface area contributed by atoms with Crippen molar-refractivity contribution in [3.8, 4) is 17.2 Å². The van der Waals surface area contributed by atoms with E-state index >= 15 is 0 Å². The van der Waals surface area contributed by atoms with Gasteiger partial charge < -0.3 is 18.9 Å². The van der Waals surface area contributed by atoms with Gasteiger partial charge in [0.15, 0.2) is 0 Å². The first-order valence-corrected chi connectivity index (χ1v) is 9.93. The highest BCUT2D eigenvalue weighted by atomic mass is 16.5. The number of amides is 1. The van der Waals surface area contributed by atoms with Crippen molar-refractivity contribution >= 4 is 5.91 Å². The summed E-state index contributed by atoms with van der Waals surface area (Å²) in [5.74, 6) is 1.72. The fraction of sp³-hybridized carbons (Fsp3) is 0.292. The lowest BCUT2D eigenvalue weighted by atomic mass is 10.0. The number of hydrogen-bond donors (Lipinski definition) is 0. The van der Waals surface area contributed by atoms with Gasteiger partial charge in [-0.2, -0.15) is 0 Å². The molecule has 1 amide bonds. The summed E-state index contributed by atoms with van der Waals surface area (Å²) in [6, 6.07) is 18.0. The Hall–Kier alpha value is -3.21. The highest BCUT2D eigenvalue weighted by Gasteiger charge is 2.32. The third kappa shape index (κ3) is 3.99. The second kappa shape index (κ2) is 8.43. The average Bonchev–Trinajstić information content (AvgIpc) is 3.46. The van der Waals surface area contributed by atoms with Crippen LogP contribution in [0.2, 0.25) is 0 Å². The van der Waals surface area contributed by atoms with Crippen LogP contribution in [0.15, 0.2) is 67.0 Å². The molecule has 2 aromatic carbocycles. The molecule has 2 heterocycles. The van der Waals surface area contributed by atoms with Crippen LogP contribution >= 0.6 is 0 Å². The fourth-order valence-electron chi connectivity index (χ4n) is 4.06. The molecule has 29 heavy (non-hydrogen) atoms. The Morgan fingerprint density at radius 2 is 1.79 bits per heavy atom. The topological polar surface area (TPSA) is 43.7 Å². The van der Waals surface area contributed by atoms with Crippen molar-refractivity contribution in [3.63, 3.8) is 0 Å². The SMILES string of the molecule is COc1ccc(OC)c([C@H]2CCCN2C(=O)Cc2ccc(-n3cccc3)cc2)c1. The molecule has 4 rings (SSSR count). The molecule has 1 aliphatic heterocycles. The molecular formula is C24H26N2O3. The van der Waals surface area contributed by atoms with Crippen LogP contribution in [0, 0.1) is 0 Å². The molecule has 1 aliphatic rings. The van der Waals surface area contributed by atoms with E-state index in [1.54, 1.807) is 14.2 Å². The normalized spacial score (nSPS) is 16.1. The largest absolute Gasteiger partial charge is 0.497 e. The molecule has 0 saturated carbocycles. The van der Waals surface area contributed by atoms with E-state index < -0.39 is 0 Å². The minimum absolute atomic E-state index is 0.0201. The Kier molecular flexibility index (Phi) is 5.56. The highest BCUT2D eigenvalue weighted by molar-refractivity contribution is 5.79. The molecule has 3 aromatic rings. The third-order valence-electron chi connectivity index (χ3n) is 5.56. The number of likely N-dealkylation sites (tertiary alicyclic amines) is 1. The van der Waals surface area contributed by atoms with Crippen LogP contribution in [0.5, 0.6) is 11.5 Å². The Labute approximate surface area is 171 Å². The zero-order chi connectivity index (χ0) is 20.2. The van der Waals surface area contributed by atoms with Gasteiger partial charge in [-0.3, -0.25) is 4.79 Å². The average molecular weight is 390 g/mol. The summed E-state index contributed by atoms with van der Waals surface area (Å²) in [5, 5.41) is 0. The van der Waals surface area contributed by atoms with Crippen LogP contribution < -0.4 is 9.47 Å². The number of carbonyl (C=O) groups excluding carboxylic acids is 1. The first-order valence-electron chi connectivity index (χ1n) is 9.93. The molecule has 0 bridgehead atoms. The van der Waals surface area contributed by atoms with Crippen molar-refractivity contribution in [2.75, 3.05) is 20.8 Å². The number of hydrogen-bond acceptors (Lipinski definition) is 3. The Balaban J connectivity index is 1.51. The van der Waals surface area contributed by atoms with E-state index in [4.69, 9.17) is 9.47 Å². The molecule has 5 heteroatoms. The number of methoxy groups -OCH3 is 2. The van der Waals surface area contributed by atoms with Gasteiger partial charge in [0.2, 0.25) is 5.91 Å². The summed E-state index contributed by atoms with van der Waals surface area (Å²) in [6.07, 6.45) is 6.34. The minimum Gasteiger partial charge on any atom is -0.497 e. The molecule has 1 saturated heterocycles. The molecule has 0 aliphatic carbocycles. The summed E-state index contributed by atoms with van der Waals surface area (Å²) >= 11 is 0. The number of rotatable bonds is 6. The third-order valence-corrected chi connectivity index (χ3v) is 5.56. The number of benzene rings is 2. The summed E-state index contributed by atoms with van der Waals surface area (Å²) < 4.78 is 13.0. The van der Waals surface area contributed by atoms with Gasteiger partial charge in [-0.05, 0) is 60.9 Å². The van der Waals surface area contributed by atoms with Crippen molar-refractivity contribution in [1.29, 1.82) is 0 Å². The number of nitrogens with zero attached hydrogens (tertiary/aromatic N) is 2. The fourth-order valence-corrected chi connectivity index (χ4v) is 4.06. The van der Waals surface area contributed by atoms with Gasteiger partial charge in [0.25, 0.3) is 0 Å². The van der Waals surface area contributed by atoms with E-state index in [-0.39, 0.29) is 11.9 Å². The Bertz CT molecular complexity index is 964. The standard InChI is InChI=1S/C24H26N2O3/c1-28-20-11-12-23(29-2)21(17-20)22-6-5-15-26(22)24(27)16-18-7-9-19(10-8-18)25-13-3-4-14-25/h3-4,7-14,17,22H,5-6,15-16H2,1-2H3/t22-/m1/s1. The molecule has 1 aromatic heterocycles. The quantitative estimate of drug-likeness (QED) is 0.627. The minimum atomic E-state index is 0.0201. The summed E-state index contributed by atoms with van der Waals surface area (Å²) in [5.41, 5.74) is 3.13. The maximum Gasteiger partial charge on any atom is 0.227 e. The molecule has 1 fully saturated rings. The lowest BCUT2D eigenvalue weighted by Gasteiger charge is -2.27. The van der Waals surface area contributed by atoms with E-state index in [1.807, 2.05) is 59.8 Å². The van der Waals surface area contributed by atoms with Gasteiger partial charge in [0, 0.05) is 30.2 Å². The molecular weight excluding hydrogens is 364 g/mol. The van der Waals surface area contributed by atoms with Crippen molar-refractivity contribution < 1.29 is 14.3 Å². The lowest BCUT2D eigenvalue weighted by Crippen LogP contribution is -2.32. The smallest absolute Gasteiger partial charge is 0.227 e. The van der Waals surface area contributed by atoms with E-state index in [0.717, 1.165) is 47.7 Å². The molecule has 0 unspecified atom stereocenters. The maximum atomic E-state index is 13.1. The van der Waals surface area contributed by atoms with Gasteiger partial charge in [-0.1, -0.05) is 12.1 Å². The first-order chi connectivity index (χ1) is 14.2. The summed E-state index contributed by atoms with van der Waals surface area (Å²) in [7, 11) is 3.32. The molecule has 150 valence electrons. The Morgan fingerprint density at radius 1 is 1.03 bits per heavy atom. The maximum absolute atomic E-state index is 13.1. The molecule has 5 nitrogen and oxygen atoms in total. The monoisotopic (exact) mass is 390 g/mol. The van der Waals surface area contributed by atoms with Crippen molar-refractivity contribution in [2.24, 2.45) is 0 Å². The van der Waals surface area contributed by atoms with E-state index in [2.05, 4.69) is 16.7 Å². The second-order valence-electron chi connectivity index (χ2n) is 7.29. The van der Waals surface area contributed by atoms with Gasteiger partial charge in [-0.15, -0.1) is 0 Å². The highest BCUT2D eigenvalue weighted by Crippen LogP contribution is 2.39. The molecule has 0 spiro atoms. The van der Waals surface area contributed by atoms with Crippen LogP contribution in [-0.4, -0.2) is 36.1 Å². The summed E-state index contributed by atoms with van der Waals surface area (Å²) in [4.78, 5) is 15.1. The van der Waals surface area contributed by atoms with Gasteiger partial charge in [-0.25, -0.2) is 0 Å². The van der Waals surface area contributed by atoms with Crippen molar-refractivity contribution in [2.45, 2.75) is 25.3 Å².